The predicted molar refractivity (Wildman–Crippen MR) is 21.9 cm³/mol. The SMILES string of the molecule is Fc1nc(F)c(F)c(F)n1. The normalized spacial score (nSPS) is 10.0. The second kappa shape index (κ2) is 2.20. The Hall–Kier alpha value is -1.20. The van der Waals surface area contributed by atoms with Crippen LogP contribution in [0.2, 0.25) is 0 Å². The molecule has 0 spiro atoms. The first-order chi connectivity index (χ1) is 4.61. The minimum absolute atomic E-state index is 1.63. The summed E-state index contributed by atoms with van der Waals surface area (Å²) in [5, 5.41) is 0. The molecule has 0 saturated carbocycles. The molecular weight excluding hydrogens is 152 g/mol. The molecule has 2 nitrogen and oxygen atoms in total. The lowest BCUT2D eigenvalue weighted by Gasteiger charge is -1.90. The molecule has 0 aliphatic carbocycles. The van der Waals surface area contributed by atoms with Crippen LogP contribution in [-0.2, 0) is 0 Å². The van der Waals surface area contributed by atoms with Crippen molar-refractivity contribution in [3.05, 3.63) is 23.8 Å². The lowest BCUT2D eigenvalue weighted by atomic mass is 10.6. The Morgan fingerprint density at radius 1 is 0.800 bits per heavy atom. The minimum Gasteiger partial charge on any atom is -0.197 e. The van der Waals surface area contributed by atoms with Gasteiger partial charge in [0.25, 0.3) is 11.9 Å². The molecule has 0 aliphatic heterocycles. The van der Waals surface area contributed by atoms with Crippen molar-refractivity contribution < 1.29 is 17.6 Å². The van der Waals surface area contributed by atoms with E-state index in [1.807, 2.05) is 0 Å². The highest BCUT2D eigenvalue weighted by molar-refractivity contribution is 4.89. The molecule has 0 aromatic carbocycles. The lowest BCUT2D eigenvalue weighted by molar-refractivity contribution is 0.366. The molecule has 6 heteroatoms. The molecule has 10 heavy (non-hydrogen) atoms. The molecule has 0 aliphatic rings. The summed E-state index contributed by atoms with van der Waals surface area (Å²) in [4.78, 5) is 4.55. The van der Waals surface area contributed by atoms with Crippen molar-refractivity contribution in [2.24, 2.45) is 0 Å². The first-order valence-corrected chi connectivity index (χ1v) is 2.15. The van der Waals surface area contributed by atoms with Gasteiger partial charge in [0.15, 0.2) is 0 Å². The Balaban J connectivity index is 3.31. The summed E-state index contributed by atoms with van der Waals surface area (Å²) in [5.74, 6) is -5.53. The van der Waals surface area contributed by atoms with Gasteiger partial charge in [-0.1, -0.05) is 0 Å². The van der Waals surface area contributed by atoms with Crippen LogP contribution in [0.3, 0.4) is 0 Å². The largest absolute Gasteiger partial charge is 0.314 e. The average Bonchev–Trinajstić information content (AvgIpc) is 1.82. The Kier molecular flexibility index (Phi) is 1.52. The van der Waals surface area contributed by atoms with E-state index in [2.05, 4.69) is 9.97 Å². The van der Waals surface area contributed by atoms with Crippen molar-refractivity contribution >= 4 is 0 Å². The third-order valence-corrected chi connectivity index (χ3v) is 0.743. The average molecular weight is 152 g/mol. The third-order valence-electron chi connectivity index (χ3n) is 0.743. The molecule has 0 fully saturated rings. The highest BCUT2D eigenvalue weighted by Crippen LogP contribution is 2.04. The fourth-order valence-corrected chi connectivity index (χ4v) is 0.370. The van der Waals surface area contributed by atoms with Crippen molar-refractivity contribution in [1.29, 1.82) is 0 Å². The van der Waals surface area contributed by atoms with Gasteiger partial charge in [0.2, 0.25) is 5.82 Å². The summed E-state index contributed by atoms with van der Waals surface area (Å²) in [6.07, 6.45) is -1.63. The van der Waals surface area contributed by atoms with E-state index in [9.17, 15) is 17.6 Å². The molecule has 0 unspecified atom stereocenters. The molecule has 1 heterocycles. The van der Waals surface area contributed by atoms with Crippen LogP contribution in [-0.4, -0.2) is 9.97 Å². The monoisotopic (exact) mass is 152 g/mol. The van der Waals surface area contributed by atoms with Gasteiger partial charge in [-0.15, -0.1) is 0 Å². The highest BCUT2D eigenvalue weighted by atomic mass is 19.2. The minimum atomic E-state index is -1.87. The van der Waals surface area contributed by atoms with Crippen molar-refractivity contribution in [2.75, 3.05) is 0 Å². The number of hydrogen-bond acceptors (Lipinski definition) is 2. The van der Waals surface area contributed by atoms with E-state index < -0.39 is 23.8 Å². The molecule has 1 aromatic heterocycles. The summed E-state index contributed by atoms with van der Waals surface area (Å²) in [6, 6.07) is 0. The van der Waals surface area contributed by atoms with Crippen LogP contribution in [0, 0.1) is 23.8 Å². The van der Waals surface area contributed by atoms with Crippen LogP contribution in [0.15, 0.2) is 0 Å². The summed E-state index contributed by atoms with van der Waals surface area (Å²) in [6.45, 7) is 0. The predicted octanol–water partition coefficient (Wildman–Crippen LogP) is 1.03. The lowest BCUT2D eigenvalue weighted by Crippen LogP contribution is -2.01. The zero-order valence-corrected chi connectivity index (χ0v) is 4.41. The van der Waals surface area contributed by atoms with Gasteiger partial charge in [0, 0.05) is 0 Å². The zero-order chi connectivity index (χ0) is 7.72. The molecule has 0 radical (unpaired) electrons. The van der Waals surface area contributed by atoms with E-state index in [-0.39, 0.29) is 0 Å². The molecule has 1 rings (SSSR count). The number of halogens is 4. The molecule has 0 saturated heterocycles. The third kappa shape index (κ3) is 1.04. The van der Waals surface area contributed by atoms with Crippen LogP contribution < -0.4 is 0 Å². The van der Waals surface area contributed by atoms with Gasteiger partial charge in [-0.3, -0.25) is 0 Å². The number of aromatic nitrogens is 2. The van der Waals surface area contributed by atoms with Gasteiger partial charge in [0.1, 0.15) is 0 Å². The topological polar surface area (TPSA) is 25.8 Å². The van der Waals surface area contributed by atoms with Gasteiger partial charge in [0.05, 0.1) is 0 Å². The molecular formula is C4F4N2. The number of hydrogen-bond donors (Lipinski definition) is 0. The molecule has 0 N–H and O–H groups in total. The molecule has 1 aromatic rings. The molecule has 0 bridgehead atoms. The van der Waals surface area contributed by atoms with Gasteiger partial charge in [-0.25, -0.2) is 0 Å². The quantitative estimate of drug-likeness (QED) is 0.315. The maximum Gasteiger partial charge on any atom is 0.314 e. The Morgan fingerprint density at radius 2 is 1.20 bits per heavy atom. The summed E-state index contributed by atoms with van der Waals surface area (Å²) in [7, 11) is 0. The molecule has 0 atom stereocenters. The van der Waals surface area contributed by atoms with Crippen LogP contribution in [0.1, 0.15) is 0 Å². The second-order valence-electron chi connectivity index (χ2n) is 1.39. The van der Waals surface area contributed by atoms with E-state index in [0.717, 1.165) is 0 Å². The Labute approximate surface area is 52.5 Å². The van der Waals surface area contributed by atoms with E-state index in [4.69, 9.17) is 0 Å². The second-order valence-corrected chi connectivity index (χ2v) is 1.39. The van der Waals surface area contributed by atoms with Crippen LogP contribution >= 0.6 is 0 Å². The molecule has 54 valence electrons. The van der Waals surface area contributed by atoms with Crippen molar-refractivity contribution in [1.82, 2.24) is 9.97 Å². The van der Waals surface area contributed by atoms with Gasteiger partial charge in [-0.05, 0) is 0 Å². The first kappa shape index (κ1) is 6.91. The van der Waals surface area contributed by atoms with Gasteiger partial charge >= 0.3 is 6.08 Å². The fraction of sp³-hybridized carbons (Fsp3) is 0. The van der Waals surface area contributed by atoms with Gasteiger partial charge < -0.3 is 0 Å². The number of rotatable bonds is 0. The summed E-state index contributed by atoms with van der Waals surface area (Å²) in [5.41, 5.74) is 0. The van der Waals surface area contributed by atoms with E-state index in [1.54, 1.807) is 0 Å². The van der Waals surface area contributed by atoms with Crippen molar-refractivity contribution in [3.63, 3.8) is 0 Å². The standard InChI is InChI=1S/C4F4N2/c5-1-2(6)9-4(8)10-3(1)7. The van der Waals surface area contributed by atoms with Crippen LogP contribution in [0.5, 0.6) is 0 Å². The maximum atomic E-state index is 11.9. The van der Waals surface area contributed by atoms with E-state index in [1.165, 1.54) is 0 Å². The fourth-order valence-electron chi connectivity index (χ4n) is 0.370. The van der Waals surface area contributed by atoms with E-state index >= 15 is 0 Å². The number of nitrogens with zero attached hydrogens (tertiary/aromatic N) is 2. The van der Waals surface area contributed by atoms with Gasteiger partial charge in [-0.2, -0.15) is 27.5 Å². The van der Waals surface area contributed by atoms with Crippen molar-refractivity contribution in [2.45, 2.75) is 0 Å². The van der Waals surface area contributed by atoms with Crippen molar-refractivity contribution in [3.8, 4) is 0 Å². The summed E-state index contributed by atoms with van der Waals surface area (Å²) >= 11 is 0. The van der Waals surface area contributed by atoms with E-state index in [0.29, 0.717) is 0 Å². The van der Waals surface area contributed by atoms with Crippen LogP contribution in [0.25, 0.3) is 0 Å². The van der Waals surface area contributed by atoms with Crippen LogP contribution in [0.4, 0.5) is 17.6 Å². The Morgan fingerprint density at radius 3 is 1.60 bits per heavy atom. The summed E-state index contributed by atoms with van der Waals surface area (Å²) < 4.78 is 47.3. The first-order valence-electron chi connectivity index (χ1n) is 2.15. The maximum absolute atomic E-state index is 11.9. The smallest absolute Gasteiger partial charge is 0.197 e. The zero-order valence-electron chi connectivity index (χ0n) is 4.41. The Bertz CT molecular complexity index is 238. The highest BCUT2D eigenvalue weighted by Gasteiger charge is 2.12. The molecule has 0 amide bonds.